The molecule has 1 saturated carbocycles. The molecule has 1 heterocycles. The summed E-state index contributed by atoms with van der Waals surface area (Å²) < 4.78 is 0. The molecule has 0 aromatic rings. The SMILES string of the molecule is NC(=O)C1CCN(C(=O)CC2CCCC(N)C2)CC1. The van der Waals surface area contributed by atoms with Crippen molar-refractivity contribution in [3.05, 3.63) is 0 Å². The highest BCUT2D eigenvalue weighted by Gasteiger charge is 2.28. The molecule has 108 valence electrons. The van der Waals surface area contributed by atoms with E-state index in [0.717, 1.165) is 25.7 Å². The molecule has 0 bridgehead atoms. The Morgan fingerprint density at radius 3 is 2.37 bits per heavy atom. The first kappa shape index (κ1) is 14.3. The second-order valence-corrected chi connectivity index (χ2v) is 6.05. The largest absolute Gasteiger partial charge is 0.369 e. The second-order valence-electron chi connectivity index (χ2n) is 6.05. The molecule has 2 rings (SSSR count). The van der Waals surface area contributed by atoms with Gasteiger partial charge in [-0.2, -0.15) is 0 Å². The number of hydrogen-bond acceptors (Lipinski definition) is 3. The molecule has 19 heavy (non-hydrogen) atoms. The Morgan fingerprint density at radius 2 is 1.79 bits per heavy atom. The molecule has 5 heteroatoms. The summed E-state index contributed by atoms with van der Waals surface area (Å²) in [6, 6.07) is 0.271. The Labute approximate surface area is 114 Å². The van der Waals surface area contributed by atoms with Crippen LogP contribution < -0.4 is 11.5 Å². The van der Waals surface area contributed by atoms with Crippen LogP contribution in [0.25, 0.3) is 0 Å². The summed E-state index contributed by atoms with van der Waals surface area (Å²) in [5.41, 5.74) is 11.3. The fourth-order valence-electron chi connectivity index (χ4n) is 3.31. The Morgan fingerprint density at radius 1 is 1.11 bits per heavy atom. The van der Waals surface area contributed by atoms with E-state index >= 15 is 0 Å². The fourth-order valence-corrected chi connectivity index (χ4v) is 3.31. The maximum Gasteiger partial charge on any atom is 0.222 e. The molecular formula is C14H25N3O2. The molecule has 2 amide bonds. The number of rotatable bonds is 3. The van der Waals surface area contributed by atoms with Crippen molar-refractivity contribution in [3.8, 4) is 0 Å². The van der Waals surface area contributed by atoms with Crippen molar-refractivity contribution in [3.63, 3.8) is 0 Å². The second kappa shape index (κ2) is 6.37. The predicted octanol–water partition coefficient (Wildman–Crippen LogP) is 0.618. The van der Waals surface area contributed by atoms with Gasteiger partial charge in [-0.15, -0.1) is 0 Å². The fraction of sp³-hybridized carbons (Fsp3) is 0.857. The minimum Gasteiger partial charge on any atom is -0.369 e. The maximum atomic E-state index is 12.2. The summed E-state index contributed by atoms with van der Waals surface area (Å²) in [5.74, 6) is 0.393. The van der Waals surface area contributed by atoms with Gasteiger partial charge in [-0.1, -0.05) is 6.42 Å². The first-order valence-electron chi connectivity index (χ1n) is 7.39. The third-order valence-electron chi connectivity index (χ3n) is 4.54. The van der Waals surface area contributed by atoms with Gasteiger partial charge >= 0.3 is 0 Å². The van der Waals surface area contributed by atoms with Crippen LogP contribution in [0.15, 0.2) is 0 Å². The number of carbonyl (C=O) groups is 2. The first-order chi connectivity index (χ1) is 9.06. The number of amides is 2. The van der Waals surface area contributed by atoms with Gasteiger partial charge in [0.1, 0.15) is 0 Å². The van der Waals surface area contributed by atoms with E-state index in [4.69, 9.17) is 11.5 Å². The summed E-state index contributed by atoms with van der Waals surface area (Å²) in [4.78, 5) is 25.2. The number of piperidine rings is 1. The van der Waals surface area contributed by atoms with Crippen LogP contribution >= 0.6 is 0 Å². The van der Waals surface area contributed by atoms with Crippen LogP contribution in [0.5, 0.6) is 0 Å². The third-order valence-corrected chi connectivity index (χ3v) is 4.54. The third kappa shape index (κ3) is 3.93. The van der Waals surface area contributed by atoms with Gasteiger partial charge in [-0.05, 0) is 38.0 Å². The molecular weight excluding hydrogens is 242 g/mol. The molecule has 1 aliphatic carbocycles. The van der Waals surface area contributed by atoms with Crippen molar-refractivity contribution in [2.75, 3.05) is 13.1 Å². The number of primary amides is 1. The zero-order valence-electron chi connectivity index (χ0n) is 11.5. The van der Waals surface area contributed by atoms with Crippen LogP contribution in [-0.4, -0.2) is 35.8 Å². The Bertz CT molecular complexity index is 338. The van der Waals surface area contributed by atoms with E-state index in [2.05, 4.69) is 0 Å². The normalized spacial score (nSPS) is 29.2. The lowest BCUT2D eigenvalue weighted by Gasteiger charge is -2.33. The van der Waals surface area contributed by atoms with E-state index in [9.17, 15) is 9.59 Å². The van der Waals surface area contributed by atoms with Crippen molar-refractivity contribution < 1.29 is 9.59 Å². The van der Waals surface area contributed by atoms with Crippen LogP contribution in [0.2, 0.25) is 0 Å². The summed E-state index contributed by atoms with van der Waals surface area (Å²) in [5, 5.41) is 0. The van der Waals surface area contributed by atoms with Crippen molar-refractivity contribution >= 4 is 11.8 Å². The topological polar surface area (TPSA) is 89.4 Å². The van der Waals surface area contributed by atoms with Crippen LogP contribution in [0.4, 0.5) is 0 Å². The maximum absolute atomic E-state index is 12.2. The smallest absolute Gasteiger partial charge is 0.222 e. The zero-order valence-corrected chi connectivity index (χ0v) is 11.5. The van der Waals surface area contributed by atoms with Gasteiger partial charge in [-0.3, -0.25) is 9.59 Å². The number of likely N-dealkylation sites (tertiary alicyclic amines) is 1. The summed E-state index contributed by atoms with van der Waals surface area (Å²) >= 11 is 0. The minimum absolute atomic E-state index is 0.0489. The van der Waals surface area contributed by atoms with E-state index in [1.807, 2.05) is 4.90 Å². The number of carbonyl (C=O) groups excluding carboxylic acids is 2. The number of nitrogens with two attached hydrogens (primary N) is 2. The lowest BCUT2D eigenvalue weighted by Crippen LogP contribution is -2.42. The Balaban J connectivity index is 1.76. The molecule has 2 fully saturated rings. The van der Waals surface area contributed by atoms with E-state index < -0.39 is 0 Å². The molecule has 0 spiro atoms. The quantitative estimate of drug-likeness (QED) is 0.785. The van der Waals surface area contributed by atoms with E-state index in [1.54, 1.807) is 0 Å². The average molecular weight is 267 g/mol. The molecule has 0 radical (unpaired) electrons. The molecule has 4 N–H and O–H groups in total. The first-order valence-corrected chi connectivity index (χ1v) is 7.39. The van der Waals surface area contributed by atoms with Gasteiger partial charge in [0.05, 0.1) is 0 Å². The van der Waals surface area contributed by atoms with E-state index in [-0.39, 0.29) is 23.8 Å². The van der Waals surface area contributed by atoms with Crippen molar-refractivity contribution in [1.29, 1.82) is 0 Å². The number of nitrogens with zero attached hydrogens (tertiary/aromatic N) is 1. The van der Waals surface area contributed by atoms with Crippen molar-refractivity contribution in [2.45, 2.75) is 51.0 Å². The molecule has 1 aliphatic heterocycles. The van der Waals surface area contributed by atoms with Gasteiger partial charge in [-0.25, -0.2) is 0 Å². The van der Waals surface area contributed by atoms with Crippen molar-refractivity contribution in [1.82, 2.24) is 4.90 Å². The number of hydrogen-bond donors (Lipinski definition) is 2. The summed E-state index contributed by atoms with van der Waals surface area (Å²) in [7, 11) is 0. The van der Waals surface area contributed by atoms with E-state index in [1.165, 1.54) is 0 Å². The molecule has 2 aliphatic rings. The minimum atomic E-state index is -0.231. The zero-order chi connectivity index (χ0) is 13.8. The average Bonchev–Trinajstić information content (AvgIpc) is 2.39. The molecule has 0 aromatic heterocycles. The van der Waals surface area contributed by atoms with Crippen LogP contribution in [0.3, 0.4) is 0 Å². The lowest BCUT2D eigenvalue weighted by atomic mass is 9.83. The van der Waals surface area contributed by atoms with E-state index in [0.29, 0.717) is 38.3 Å². The monoisotopic (exact) mass is 267 g/mol. The predicted molar refractivity (Wildman–Crippen MR) is 73.0 cm³/mol. The van der Waals surface area contributed by atoms with Gasteiger partial charge in [0, 0.05) is 31.5 Å². The van der Waals surface area contributed by atoms with Crippen LogP contribution in [0.1, 0.15) is 44.9 Å². The molecule has 0 aromatic carbocycles. The van der Waals surface area contributed by atoms with Gasteiger partial charge < -0.3 is 16.4 Å². The standard InChI is InChI=1S/C14H25N3O2/c15-12-3-1-2-10(8-12)9-13(18)17-6-4-11(5-7-17)14(16)19/h10-12H,1-9,15H2,(H2,16,19). The van der Waals surface area contributed by atoms with Gasteiger partial charge in [0.15, 0.2) is 0 Å². The Kier molecular flexibility index (Phi) is 4.80. The van der Waals surface area contributed by atoms with Crippen LogP contribution in [-0.2, 0) is 9.59 Å². The highest BCUT2D eigenvalue weighted by Crippen LogP contribution is 2.27. The molecule has 5 nitrogen and oxygen atoms in total. The molecule has 2 atom stereocenters. The van der Waals surface area contributed by atoms with Gasteiger partial charge in [0.2, 0.25) is 11.8 Å². The van der Waals surface area contributed by atoms with Gasteiger partial charge in [0.25, 0.3) is 0 Å². The lowest BCUT2D eigenvalue weighted by molar-refractivity contribution is -0.136. The Hall–Kier alpha value is -1.10. The van der Waals surface area contributed by atoms with Crippen LogP contribution in [0, 0.1) is 11.8 Å². The summed E-state index contributed by atoms with van der Waals surface area (Å²) in [6.07, 6.45) is 6.38. The molecule has 2 unspecified atom stereocenters. The highest BCUT2D eigenvalue weighted by molar-refractivity contribution is 5.79. The molecule has 1 saturated heterocycles. The summed E-state index contributed by atoms with van der Waals surface area (Å²) in [6.45, 7) is 1.34. The van der Waals surface area contributed by atoms with Crippen molar-refractivity contribution in [2.24, 2.45) is 23.3 Å². The highest BCUT2D eigenvalue weighted by atomic mass is 16.2.